The molecule has 2 aliphatic heterocycles. The van der Waals surface area contributed by atoms with Gasteiger partial charge in [0.15, 0.2) is 14.9 Å². The third-order valence-electron chi connectivity index (χ3n) is 7.63. The number of fused-ring (bicyclic) bond motifs is 3. The summed E-state index contributed by atoms with van der Waals surface area (Å²) < 4.78 is 32.9. The predicted molar refractivity (Wildman–Crippen MR) is 142 cm³/mol. The molecule has 3 heterocycles. The molecule has 1 fully saturated rings. The Balaban J connectivity index is 1.41. The molecule has 1 N–H and O–H groups in total. The molecule has 9 heteroatoms. The molecule has 2 aromatic carbocycles. The van der Waals surface area contributed by atoms with Gasteiger partial charge in [0.2, 0.25) is 0 Å². The van der Waals surface area contributed by atoms with Gasteiger partial charge in [0.1, 0.15) is 11.4 Å². The molecule has 1 amide bonds. The van der Waals surface area contributed by atoms with E-state index in [2.05, 4.69) is 36.4 Å². The largest absolute Gasteiger partial charge is 0.493 e. The van der Waals surface area contributed by atoms with Crippen molar-refractivity contribution in [3.63, 3.8) is 0 Å². The minimum atomic E-state index is -3.63. The van der Waals surface area contributed by atoms with Crippen molar-refractivity contribution in [3.8, 4) is 11.4 Å². The lowest BCUT2D eigenvalue weighted by Gasteiger charge is -2.33. The molecule has 3 aliphatic rings. The van der Waals surface area contributed by atoms with Crippen molar-refractivity contribution in [2.24, 2.45) is 0 Å². The van der Waals surface area contributed by atoms with Gasteiger partial charge in [-0.15, -0.1) is 0 Å². The SMILES string of the molecule is CC(C)NCCc1ccc(N2CC3(CC3)c3c(S(C)(=O)=O)nn(-c4ccc5c(c4)CCO5)c3C2=O)cc1. The first-order valence-corrected chi connectivity index (χ1v) is 14.8. The lowest BCUT2D eigenvalue weighted by molar-refractivity contribution is 0.0966. The van der Waals surface area contributed by atoms with Crippen molar-refractivity contribution in [1.82, 2.24) is 15.1 Å². The van der Waals surface area contributed by atoms with E-state index < -0.39 is 9.84 Å². The van der Waals surface area contributed by atoms with Gasteiger partial charge in [-0.05, 0) is 67.3 Å². The van der Waals surface area contributed by atoms with E-state index in [0.29, 0.717) is 36.1 Å². The molecule has 1 aromatic heterocycles. The molecule has 0 unspecified atom stereocenters. The van der Waals surface area contributed by atoms with E-state index in [1.54, 1.807) is 9.58 Å². The summed E-state index contributed by atoms with van der Waals surface area (Å²) in [4.78, 5) is 15.9. The van der Waals surface area contributed by atoms with Gasteiger partial charge in [-0.2, -0.15) is 5.10 Å². The maximum atomic E-state index is 14.1. The van der Waals surface area contributed by atoms with Gasteiger partial charge < -0.3 is 15.0 Å². The topological polar surface area (TPSA) is 93.5 Å². The van der Waals surface area contributed by atoms with E-state index in [1.807, 2.05) is 30.3 Å². The summed E-state index contributed by atoms with van der Waals surface area (Å²) in [6.45, 7) is 6.22. The molecule has 37 heavy (non-hydrogen) atoms. The quantitative estimate of drug-likeness (QED) is 0.513. The van der Waals surface area contributed by atoms with Gasteiger partial charge in [-0.1, -0.05) is 26.0 Å². The van der Waals surface area contributed by atoms with E-state index >= 15 is 0 Å². The summed E-state index contributed by atoms with van der Waals surface area (Å²) >= 11 is 0. The third-order valence-corrected chi connectivity index (χ3v) is 8.62. The van der Waals surface area contributed by atoms with Crippen LogP contribution in [0.15, 0.2) is 47.5 Å². The zero-order valence-corrected chi connectivity index (χ0v) is 22.3. The molecule has 0 radical (unpaired) electrons. The molecule has 0 atom stereocenters. The van der Waals surface area contributed by atoms with Gasteiger partial charge >= 0.3 is 0 Å². The van der Waals surface area contributed by atoms with Crippen molar-refractivity contribution in [2.45, 2.75) is 56.0 Å². The van der Waals surface area contributed by atoms with E-state index in [0.717, 1.165) is 49.2 Å². The van der Waals surface area contributed by atoms with Crippen molar-refractivity contribution in [3.05, 3.63) is 64.8 Å². The maximum Gasteiger partial charge on any atom is 0.277 e. The molecule has 1 saturated carbocycles. The van der Waals surface area contributed by atoms with Crippen molar-refractivity contribution in [1.29, 1.82) is 0 Å². The molecule has 194 valence electrons. The molecule has 0 saturated heterocycles. The normalized spacial score (nSPS) is 17.7. The Morgan fingerprint density at radius 1 is 1.11 bits per heavy atom. The van der Waals surface area contributed by atoms with Gasteiger partial charge in [-0.3, -0.25) is 4.79 Å². The Hall–Kier alpha value is -3.17. The van der Waals surface area contributed by atoms with Crippen LogP contribution in [0.2, 0.25) is 0 Å². The average Bonchev–Trinajstić information content (AvgIpc) is 3.26. The van der Waals surface area contributed by atoms with Gasteiger partial charge in [0, 0.05) is 41.9 Å². The first kappa shape index (κ1) is 24.2. The summed E-state index contributed by atoms with van der Waals surface area (Å²) in [7, 11) is -3.63. The number of carbonyl (C=O) groups excluding carboxylic acids is 1. The van der Waals surface area contributed by atoms with E-state index in [4.69, 9.17) is 4.74 Å². The van der Waals surface area contributed by atoms with Gasteiger partial charge in [0.05, 0.1) is 12.3 Å². The van der Waals surface area contributed by atoms with Crippen LogP contribution in [0.4, 0.5) is 5.69 Å². The minimum absolute atomic E-state index is 0.0257. The van der Waals surface area contributed by atoms with Crippen LogP contribution in [-0.2, 0) is 28.1 Å². The smallest absolute Gasteiger partial charge is 0.277 e. The number of nitrogens with one attached hydrogen (secondary N) is 1. The molecule has 1 aliphatic carbocycles. The lowest BCUT2D eigenvalue weighted by Crippen LogP contribution is -2.44. The van der Waals surface area contributed by atoms with Crippen LogP contribution in [0.5, 0.6) is 5.75 Å². The van der Waals surface area contributed by atoms with Crippen LogP contribution in [-0.4, -0.2) is 56.1 Å². The average molecular weight is 521 g/mol. The first-order chi connectivity index (χ1) is 17.7. The summed E-state index contributed by atoms with van der Waals surface area (Å²) in [5.74, 6) is 0.601. The number of anilines is 1. The Morgan fingerprint density at radius 2 is 1.84 bits per heavy atom. The van der Waals surface area contributed by atoms with E-state index in [9.17, 15) is 13.2 Å². The molecule has 0 bridgehead atoms. The zero-order valence-electron chi connectivity index (χ0n) is 21.5. The first-order valence-electron chi connectivity index (χ1n) is 12.9. The number of nitrogens with zero attached hydrogens (tertiary/aromatic N) is 3. The number of hydrogen-bond acceptors (Lipinski definition) is 6. The number of hydrogen-bond donors (Lipinski definition) is 1. The number of aromatic nitrogens is 2. The number of sulfone groups is 1. The maximum absolute atomic E-state index is 14.1. The highest BCUT2D eigenvalue weighted by atomic mass is 32.2. The number of ether oxygens (including phenoxy) is 1. The summed E-state index contributed by atoms with van der Waals surface area (Å²) in [5, 5.41) is 8.02. The number of carbonyl (C=O) groups is 1. The fourth-order valence-electron chi connectivity index (χ4n) is 5.52. The van der Waals surface area contributed by atoms with Crippen molar-refractivity contribution >= 4 is 21.4 Å². The Kier molecular flexibility index (Phi) is 5.69. The number of amides is 1. The fourth-order valence-corrected chi connectivity index (χ4v) is 6.44. The second kappa shape index (κ2) is 8.70. The highest BCUT2D eigenvalue weighted by Gasteiger charge is 2.56. The van der Waals surface area contributed by atoms with Gasteiger partial charge in [0.25, 0.3) is 5.91 Å². The van der Waals surface area contributed by atoms with Crippen LogP contribution < -0.4 is 15.0 Å². The molecular formula is C28H32N4O4S. The van der Waals surface area contributed by atoms with Gasteiger partial charge in [-0.25, -0.2) is 13.1 Å². The highest BCUT2D eigenvalue weighted by Crippen LogP contribution is 2.55. The number of benzene rings is 2. The third kappa shape index (κ3) is 4.24. The van der Waals surface area contributed by atoms with Crippen molar-refractivity contribution < 1.29 is 17.9 Å². The predicted octanol–water partition coefficient (Wildman–Crippen LogP) is 3.44. The minimum Gasteiger partial charge on any atom is -0.493 e. The molecule has 1 spiro atoms. The Labute approximate surface area is 217 Å². The van der Waals surface area contributed by atoms with E-state index in [-0.39, 0.29) is 16.3 Å². The van der Waals surface area contributed by atoms with E-state index in [1.165, 1.54) is 11.8 Å². The summed E-state index contributed by atoms with van der Waals surface area (Å²) in [5.41, 5.74) is 4.28. The van der Waals surface area contributed by atoms with Crippen molar-refractivity contribution in [2.75, 3.05) is 30.9 Å². The fraction of sp³-hybridized carbons (Fsp3) is 0.429. The summed E-state index contributed by atoms with van der Waals surface area (Å²) in [6, 6.07) is 14.2. The van der Waals surface area contributed by atoms with Crippen LogP contribution in [0.25, 0.3) is 5.69 Å². The lowest BCUT2D eigenvalue weighted by atomic mass is 9.90. The molecule has 3 aromatic rings. The standard InChI is InChI=1S/C28H32N4O4S/c1-18(2)29-14-10-19-4-6-21(7-5-19)31-17-28(12-13-28)24-25(27(31)33)32(30-26(24)37(3,34)35)22-8-9-23-20(16-22)11-15-36-23/h4-9,16,18,29H,10-15,17H2,1-3H3. The van der Waals surface area contributed by atoms with Crippen LogP contribution in [0, 0.1) is 0 Å². The van der Waals surface area contributed by atoms with Crippen LogP contribution in [0.1, 0.15) is 53.9 Å². The Bertz CT molecular complexity index is 1490. The number of rotatable bonds is 7. The summed E-state index contributed by atoms with van der Waals surface area (Å²) in [6.07, 6.45) is 4.52. The Morgan fingerprint density at radius 3 is 2.51 bits per heavy atom. The second-order valence-corrected chi connectivity index (χ2v) is 12.7. The molecular weight excluding hydrogens is 488 g/mol. The van der Waals surface area contributed by atoms with Crippen LogP contribution in [0.3, 0.4) is 0 Å². The second-order valence-electron chi connectivity index (χ2n) is 10.8. The van der Waals surface area contributed by atoms with Crippen LogP contribution >= 0.6 is 0 Å². The zero-order chi connectivity index (χ0) is 25.9. The monoisotopic (exact) mass is 520 g/mol. The molecule has 8 nitrogen and oxygen atoms in total. The molecule has 6 rings (SSSR count). The highest BCUT2D eigenvalue weighted by molar-refractivity contribution is 7.90.